The fourth-order valence-corrected chi connectivity index (χ4v) is 4.13. The van der Waals surface area contributed by atoms with E-state index in [1.54, 1.807) is 11.0 Å². The van der Waals surface area contributed by atoms with E-state index in [0.717, 1.165) is 34.9 Å². The fourth-order valence-electron chi connectivity index (χ4n) is 4.13. The molecule has 0 radical (unpaired) electrons. The zero-order valence-electron chi connectivity index (χ0n) is 17.3. The Morgan fingerprint density at radius 1 is 1.23 bits per heavy atom. The minimum Gasteiger partial charge on any atom is -0.422 e. The summed E-state index contributed by atoms with van der Waals surface area (Å²) in [5, 5.41) is 13.8. The minimum atomic E-state index is -0.389. The molecule has 1 atom stereocenters. The molecule has 0 spiro atoms. The number of carbonyl (C=O) groups excluding carboxylic acids is 1. The van der Waals surface area contributed by atoms with E-state index in [1.165, 1.54) is 6.07 Å². The summed E-state index contributed by atoms with van der Waals surface area (Å²) in [7, 11) is 0. The van der Waals surface area contributed by atoms with Crippen LogP contribution in [0.4, 0.5) is 5.69 Å². The summed E-state index contributed by atoms with van der Waals surface area (Å²) in [6.45, 7) is 4.95. The number of aliphatic hydroxyl groups is 1. The van der Waals surface area contributed by atoms with Crippen LogP contribution in [-0.2, 0) is 6.54 Å². The van der Waals surface area contributed by atoms with Crippen molar-refractivity contribution in [2.75, 3.05) is 18.5 Å². The average Bonchev–Trinajstić information content (AvgIpc) is 3.23. The normalized spacial score (nSPS) is 16.2. The van der Waals surface area contributed by atoms with Gasteiger partial charge in [-0.05, 0) is 55.5 Å². The summed E-state index contributed by atoms with van der Waals surface area (Å²) < 4.78 is 5.45. The smallest absolute Gasteiger partial charge is 0.336 e. The molecule has 1 aromatic heterocycles. The molecule has 30 heavy (non-hydrogen) atoms. The third-order valence-corrected chi connectivity index (χ3v) is 5.99. The summed E-state index contributed by atoms with van der Waals surface area (Å²) in [5.74, 6) is -0.0847. The lowest BCUT2D eigenvalue weighted by molar-refractivity contribution is 0.0678. The number of benzene rings is 2. The highest BCUT2D eigenvalue weighted by Crippen LogP contribution is 2.26. The van der Waals surface area contributed by atoms with Crippen molar-refractivity contribution in [3.8, 4) is 0 Å². The lowest BCUT2D eigenvalue weighted by Gasteiger charge is -2.24. The van der Waals surface area contributed by atoms with Gasteiger partial charge in [0.15, 0.2) is 0 Å². The van der Waals surface area contributed by atoms with Crippen LogP contribution in [0.25, 0.3) is 11.0 Å². The van der Waals surface area contributed by atoms with E-state index in [4.69, 9.17) is 4.42 Å². The summed E-state index contributed by atoms with van der Waals surface area (Å²) in [5.41, 5.74) is 4.32. The third-order valence-electron chi connectivity index (χ3n) is 5.99. The molecular weight excluding hydrogens is 380 g/mol. The molecule has 1 saturated heterocycles. The molecule has 3 aromatic rings. The summed E-state index contributed by atoms with van der Waals surface area (Å²) in [4.78, 5) is 27.0. The first kappa shape index (κ1) is 20.2. The monoisotopic (exact) mass is 406 g/mol. The lowest BCUT2D eigenvalue weighted by Crippen LogP contribution is -2.37. The Balaban J connectivity index is 1.64. The molecule has 0 aliphatic carbocycles. The number of hydrogen-bond acceptors (Lipinski definition) is 5. The second-order valence-electron chi connectivity index (χ2n) is 7.85. The largest absolute Gasteiger partial charge is 0.422 e. The van der Waals surface area contributed by atoms with Gasteiger partial charge in [-0.3, -0.25) is 4.79 Å². The van der Waals surface area contributed by atoms with Crippen molar-refractivity contribution in [3.63, 3.8) is 0 Å². The number of amides is 1. The first-order valence-corrected chi connectivity index (χ1v) is 10.3. The number of nitrogens with one attached hydrogen (secondary N) is 1. The lowest BCUT2D eigenvalue weighted by atomic mass is 10.0. The number of carbonyl (C=O) groups is 1. The van der Waals surface area contributed by atoms with Gasteiger partial charge in [-0.2, -0.15) is 0 Å². The number of fused-ring (bicyclic) bond motifs is 1. The van der Waals surface area contributed by atoms with Crippen molar-refractivity contribution in [1.82, 2.24) is 4.90 Å². The van der Waals surface area contributed by atoms with E-state index in [1.807, 2.05) is 44.2 Å². The van der Waals surface area contributed by atoms with E-state index in [0.29, 0.717) is 29.9 Å². The molecule has 1 fully saturated rings. The zero-order valence-corrected chi connectivity index (χ0v) is 17.3. The molecule has 6 nitrogen and oxygen atoms in total. The Morgan fingerprint density at radius 2 is 2.03 bits per heavy atom. The average molecular weight is 406 g/mol. The van der Waals surface area contributed by atoms with Gasteiger partial charge < -0.3 is 19.7 Å². The summed E-state index contributed by atoms with van der Waals surface area (Å²) in [6, 6.07) is 12.7. The molecule has 2 N–H and O–H groups in total. The number of likely N-dealkylation sites (tertiary alicyclic amines) is 1. The molecule has 4 rings (SSSR count). The van der Waals surface area contributed by atoms with Gasteiger partial charge in [0.25, 0.3) is 5.91 Å². The topological polar surface area (TPSA) is 82.8 Å². The number of rotatable bonds is 5. The van der Waals surface area contributed by atoms with Gasteiger partial charge in [-0.25, -0.2) is 4.79 Å². The second kappa shape index (κ2) is 8.32. The van der Waals surface area contributed by atoms with Crippen molar-refractivity contribution >= 4 is 22.6 Å². The standard InChI is InChI=1S/C24H26N2O4/c1-15-9-10-19-17(12-22(28)30-23(19)16(15)2)13-25-21-8-4-3-7-20(21)24(29)26-11-5-6-18(26)14-27/h3-4,7-10,12,18,25,27H,5-6,11,13-14H2,1-2H3. The molecule has 2 aromatic carbocycles. The van der Waals surface area contributed by atoms with Crippen LogP contribution in [0, 0.1) is 13.8 Å². The minimum absolute atomic E-state index is 0.0219. The Morgan fingerprint density at radius 3 is 2.83 bits per heavy atom. The van der Waals surface area contributed by atoms with Gasteiger partial charge in [0, 0.05) is 30.2 Å². The Hall–Kier alpha value is -3.12. The van der Waals surface area contributed by atoms with Crippen LogP contribution in [0.5, 0.6) is 0 Å². The van der Waals surface area contributed by atoms with E-state index in [9.17, 15) is 14.7 Å². The van der Waals surface area contributed by atoms with Crippen molar-refractivity contribution < 1.29 is 14.3 Å². The van der Waals surface area contributed by atoms with Gasteiger partial charge in [0.2, 0.25) is 0 Å². The predicted octanol–water partition coefficient (Wildman–Crippen LogP) is 3.62. The molecule has 156 valence electrons. The van der Waals surface area contributed by atoms with Crippen molar-refractivity contribution in [1.29, 1.82) is 0 Å². The Kier molecular flexibility index (Phi) is 5.59. The molecule has 0 saturated carbocycles. The molecule has 1 unspecified atom stereocenters. The van der Waals surface area contributed by atoms with Gasteiger partial charge in [-0.1, -0.05) is 24.3 Å². The van der Waals surface area contributed by atoms with Crippen LogP contribution >= 0.6 is 0 Å². The quantitative estimate of drug-likeness (QED) is 0.633. The molecule has 1 aliphatic rings. The number of para-hydroxylation sites is 1. The zero-order chi connectivity index (χ0) is 21.3. The van der Waals surface area contributed by atoms with E-state index < -0.39 is 0 Å². The van der Waals surface area contributed by atoms with Crippen LogP contribution in [-0.4, -0.2) is 35.1 Å². The molecule has 1 aliphatic heterocycles. The highest BCUT2D eigenvalue weighted by molar-refractivity contribution is 6.00. The van der Waals surface area contributed by atoms with Crippen molar-refractivity contribution in [2.45, 2.75) is 39.3 Å². The third kappa shape index (κ3) is 3.71. The maximum Gasteiger partial charge on any atom is 0.336 e. The summed E-state index contributed by atoms with van der Waals surface area (Å²) >= 11 is 0. The maximum atomic E-state index is 13.1. The van der Waals surface area contributed by atoms with Crippen LogP contribution in [0.1, 0.15) is 39.9 Å². The number of anilines is 1. The van der Waals surface area contributed by atoms with E-state index in [2.05, 4.69) is 5.32 Å². The highest BCUT2D eigenvalue weighted by Gasteiger charge is 2.29. The Labute approximate surface area is 175 Å². The molecule has 0 bridgehead atoms. The first-order valence-electron chi connectivity index (χ1n) is 10.3. The number of aryl methyl sites for hydroxylation is 2. The van der Waals surface area contributed by atoms with Gasteiger partial charge in [0.05, 0.1) is 18.2 Å². The van der Waals surface area contributed by atoms with Crippen LogP contribution < -0.4 is 10.9 Å². The van der Waals surface area contributed by atoms with Gasteiger partial charge >= 0.3 is 5.63 Å². The Bertz CT molecular complexity index is 1150. The van der Waals surface area contributed by atoms with Gasteiger partial charge in [-0.15, -0.1) is 0 Å². The van der Waals surface area contributed by atoms with Crippen LogP contribution in [0.15, 0.2) is 51.7 Å². The van der Waals surface area contributed by atoms with Crippen molar-refractivity contribution in [3.05, 3.63) is 75.1 Å². The summed E-state index contributed by atoms with van der Waals surface area (Å²) in [6.07, 6.45) is 1.72. The number of nitrogens with zero attached hydrogens (tertiary/aromatic N) is 1. The maximum absolute atomic E-state index is 13.1. The second-order valence-corrected chi connectivity index (χ2v) is 7.85. The fraction of sp³-hybridized carbons (Fsp3) is 0.333. The van der Waals surface area contributed by atoms with Crippen LogP contribution in [0.2, 0.25) is 0 Å². The van der Waals surface area contributed by atoms with Crippen molar-refractivity contribution in [2.24, 2.45) is 0 Å². The molecule has 1 amide bonds. The van der Waals surface area contributed by atoms with Crippen LogP contribution in [0.3, 0.4) is 0 Å². The highest BCUT2D eigenvalue weighted by atomic mass is 16.4. The SMILES string of the molecule is Cc1ccc2c(CNc3ccccc3C(=O)N3CCCC3CO)cc(=O)oc2c1C. The number of hydrogen-bond donors (Lipinski definition) is 2. The van der Waals surface area contributed by atoms with E-state index in [-0.39, 0.29) is 24.2 Å². The molecule has 2 heterocycles. The molecular formula is C24H26N2O4. The number of aliphatic hydroxyl groups excluding tert-OH is 1. The van der Waals surface area contributed by atoms with Gasteiger partial charge in [0.1, 0.15) is 5.58 Å². The molecule has 6 heteroatoms. The first-order chi connectivity index (χ1) is 14.5. The predicted molar refractivity (Wildman–Crippen MR) is 117 cm³/mol. The van der Waals surface area contributed by atoms with E-state index >= 15 is 0 Å².